The van der Waals surface area contributed by atoms with Crippen molar-refractivity contribution in [2.45, 2.75) is 18.8 Å². The molecule has 1 heterocycles. The predicted octanol–water partition coefficient (Wildman–Crippen LogP) is 3.92. The lowest BCUT2D eigenvalue weighted by molar-refractivity contribution is -0.137. The van der Waals surface area contributed by atoms with Gasteiger partial charge in [-0.1, -0.05) is 47.6 Å². The van der Waals surface area contributed by atoms with Crippen LogP contribution in [0.25, 0.3) is 11.4 Å². The van der Waals surface area contributed by atoms with Gasteiger partial charge in [0, 0.05) is 12.1 Å². The molecule has 3 rings (SSSR count). The van der Waals surface area contributed by atoms with E-state index < -0.39 is 17.8 Å². The molecular weight excluding hydrogens is 359 g/mol. The van der Waals surface area contributed by atoms with Gasteiger partial charge in [0.25, 0.3) is 0 Å². The number of aliphatic hydroxyl groups excluding tert-OH is 1. The molecule has 0 unspecified atom stereocenters. The van der Waals surface area contributed by atoms with Gasteiger partial charge in [0.1, 0.15) is 0 Å². The average molecular weight is 377 g/mol. The first-order valence-corrected chi connectivity index (χ1v) is 8.24. The second-order valence-electron chi connectivity index (χ2n) is 6.21. The van der Waals surface area contributed by atoms with Gasteiger partial charge in [-0.2, -0.15) is 18.2 Å². The van der Waals surface area contributed by atoms with Crippen molar-refractivity contribution in [1.82, 2.24) is 15.0 Å². The second-order valence-corrected chi connectivity index (χ2v) is 6.21. The van der Waals surface area contributed by atoms with E-state index >= 15 is 0 Å². The van der Waals surface area contributed by atoms with E-state index in [1.165, 1.54) is 12.1 Å². The van der Waals surface area contributed by atoms with Gasteiger partial charge >= 0.3 is 6.18 Å². The molecule has 8 heteroatoms. The molecule has 0 aliphatic rings. The highest BCUT2D eigenvalue weighted by atomic mass is 19.4. The number of aliphatic hydroxyl groups is 1. The fourth-order valence-corrected chi connectivity index (χ4v) is 2.62. The lowest BCUT2D eigenvalue weighted by Crippen LogP contribution is -2.24. The van der Waals surface area contributed by atoms with Crippen molar-refractivity contribution in [1.29, 1.82) is 0 Å². The minimum atomic E-state index is -4.39. The molecule has 27 heavy (non-hydrogen) atoms. The van der Waals surface area contributed by atoms with Gasteiger partial charge < -0.3 is 9.63 Å². The zero-order valence-corrected chi connectivity index (χ0v) is 14.5. The van der Waals surface area contributed by atoms with Crippen molar-refractivity contribution in [2.75, 3.05) is 13.6 Å². The van der Waals surface area contributed by atoms with Crippen LogP contribution in [-0.4, -0.2) is 33.7 Å². The molecule has 3 aromatic rings. The third-order valence-corrected chi connectivity index (χ3v) is 4.01. The Labute approximate surface area is 154 Å². The molecule has 1 N–H and O–H groups in total. The Balaban J connectivity index is 1.62. The SMILES string of the molecule is CN(Cc1nc(-c2ccc(C(F)(F)F)cc2)no1)C[C@@H](O)c1ccccc1. The standard InChI is InChI=1S/C19H18F3N3O2/c1-25(11-16(26)13-5-3-2-4-6-13)12-17-23-18(24-27-17)14-7-9-15(10-8-14)19(20,21)22/h2-10,16,26H,11-12H2,1H3/t16-/m1/s1. The fourth-order valence-electron chi connectivity index (χ4n) is 2.62. The largest absolute Gasteiger partial charge is 0.416 e. The summed E-state index contributed by atoms with van der Waals surface area (Å²) in [5, 5.41) is 14.1. The first kappa shape index (κ1) is 19.1. The lowest BCUT2D eigenvalue weighted by atomic mass is 10.1. The molecule has 0 spiro atoms. The van der Waals surface area contributed by atoms with Crippen molar-refractivity contribution in [3.05, 3.63) is 71.6 Å². The number of aromatic nitrogens is 2. The van der Waals surface area contributed by atoms with Gasteiger partial charge in [0.15, 0.2) is 0 Å². The fraction of sp³-hybridized carbons (Fsp3) is 0.263. The van der Waals surface area contributed by atoms with E-state index in [1.54, 1.807) is 7.05 Å². The predicted molar refractivity (Wildman–Crippen MR) is 92.5 cm³/mol. The number of likely N-dealkylation sites (N-methyl/N-ethyl adjacent to an activating group) is 1. The summed E-state index contributed by atoms with van der Waals surface area (Å²) in [4.78, 5) is 6.03. The Morgan fingerprint density at radius 2 is 1.74 bits per heavy atom. The Morgan fingerprint density at radius 1 is 1.07 bits per heavy atom. The van der Waals surface area contributed by atoms with Crippen LogP contribution in [0, 0.1) is 0 Å². The van der Waals surface area contributed by atoms with E-state index in [9.17, 15) is 18.3 Å². The van der Waals surface area contributed by atoms with Crippen LogP contribution >= 0.6 is 0 Å². The smallest absolute Gasteiger partial charge is 0.387 e. The Hall–Kier alpha value is -2.71. The zero-order valence-electron chi connectivity index (χ0n) is 14.5. The van der Waals surface area contributed by atoms with E-state index in [0.29, 0.717) is 24.5 Å². The average Bonchev–Trinajstić information content (AvgIpc) is 3.10. The van der Waals surface area contributed by atoms with Crippen molar-refractivity contribution >= 4 is 0 Å². The third kappa shape index (κ3) is 4.93. The van der Waals surface area contributed by atoms with E-state index in [0.717, 1.165) is 17.7 Å². The lowest BCUT2D eigenvalue weighted by Gasteiger charge is -2.19. The van der Waals surface area contributed by atoms with Gasteiger partial charge in [-0.25, -0.2) is 0 Å². The maximum absolute atomic E-state index is 12.6. The highest BCUT2D eigenvalue weighted by molar-refractivity contribution is 5.54. The van der Waals surface area contributed by atoms with E-state index in [-0.39, 0.29) is 5.82 Å². The van der Waals surface area contributed by atoms with Crippen molar-refractivity contribution in [3.63, 3.8) is 0 Å². The van der Waals surface area contributed by atoms with Crippen LogP contribution in [0.3, 0.4) is 0 Å². The Kier molecular flexibility index (Phi) is 5.57. The first-order valence-electron chi connectivity index (χ1n) is 8.24. The summed E-state index contributed by atoms with van der Waals surface area (Å²) >= 11 is 0. The minimum absolute atomic E-state index is 0.218. The number of hydrogen-bond acceptors (Lipinski definition) is 5. The molecule has 5 nitrogen and oxygen atoms in total. The summed E-state index contributed by atoms with van der Waals surface area (Å²) in [7, 11) is 1.80. The van der Waals surface area contributed by atoms with E-state index in [1.807, 2.05) is 35.2 Å². The van der Waals surface area contributed by atoms with Crippen LogP contribution in [0.1, 0.15) is 23.1 Å². The van der Waals surface area contributed by atoms with Crippen molar-refractivity contribution < 1.29 is 22.8 Å². The van der Waals surface area contributed by atoms with Crippen molar-refractivity contribution in [2.24, 2.45) is 0 Å². The van der Waals surface area contributed by atoms with Crippen LogP contribution in [0.4, 0.5) is 13.2 Å². The molecule has 0 fully saturated rings. The molecule has 0 aliphatic carbocycles. The van der Waals surface area contributed by atoms with Crippen LogP contribution in [-0.2, 0) is 12.7 Å². The van der Waals surface area contributed by atoms with Crippen molar-refractivity contribution in [3.8, 4) is 11.4 Å². The zero-order chi connectivity index (χ0) is 19.4. The molecule has 1 atom stereocenters. The van der Waals surface area contributed by atoms with Gasteiger partial charge in [-0.15, -0.1) is 0 Å². The second kappa shape index (κ2) is 7.89. The summed E-state index contributed by atoms with van der Waals surface area (Å²) in [6.07, 6.45) is -5.04. The number of hydrogen-bond donors (Lipinski definition) is 1. The molecule has 142 valence electrons. The van der Waals surface area contributed by atoms with E-state index in [2.05, 4.69) is 10.1 Å². The monoisotopic (exact) mass is 377 g/mol. The number of alkyl halides is 3. The van der Waals surface area contributed by atoms with E-state index in [4.69, 9.17) is 4.52 Å². The van der Waals surface area contributed by atoms with Gasteiger partial charge in [-0.3, -0.25) is 4.90 Å². The number of rotatable bonds is 6. The summed E-state index contributed by atoms with van der Waals surface area (Å²) < 4.78 is 43.0. The number of halogens is 3. The third-order valence-electron chi connectivity index (χ3n) is 4.01. The topological polar surface area (TPSA) is 62.4 Å². The minimum Gasteiger partial charge on any atom is -0.387 e. The quantitative estimate of drug-likeness (QED) is 0.706. The summed E-state index contributed by atoms with van der Waals surface area (Å²) in [5.74, 6) is 0.531. The molecule has 0 aliphatic heterocycles. The highest BCUT2D eigenvalue weighted by Gasteiger charge is 2.30. The summed E-state index contributed by atoms with van der Waals surface area (Å²) in [5.41, 5.74) is 0.509. The molecule has 0 radical (unpaired) electrons. The normalized spacial score (nSPS) is 13.1. The van der Waals surface area contributed by atoms with Crippen LogP contribution in [0.5, 0.6) is 0 Å². The molecule has 0 amide bonds. The molecule has 0 bridgehead atoms. The van der Waals surface area contributed by atoms with Gasteiger partial charge in [0.05, 0.1) is 18.2 Å². The first-order chi connectivity index (χ1) is 12.8. The summed E-state index contributed by atoms with van der Waals surface area (Å²) in [6, 6.07) is 13.8. The number of nitrogens with zero attached hydrogens (tertiary/aromatic N) is 3. The molecule has 1 aromatic heterocycles. The van der Waals surface area contributed by atoms with Crippen LogP contribution in [0.15, 0.2) is 59.1 Å². The molecular formula is C19H18F3N3O2. The van der Waals surface area contributed by atoms with Crippen LogP contribution in [0.2, 0.25) is 0 Å². The maximum atomic E-state index is 12.6. The van der Waals surface area contributed by atoms with Crippen LogP contribution < -0.4 is 0 Å². The Bertz CT molecular complexity index is 864. The molecule has 0 saturated carbocycles. The highest BCUT2D eigenvalue weighted by Crippen LogP contribution is 2.30. The summed E-state index contributed by atoms with van der Waals surface area (Å²) in [6.45, 7) is 0.666. The van der Waals surface area contributed by atoms with Gasteiger partial charge in [0.2, 0.25) is 11.7 Å². The molecule has 0 saturated heterocycles. The number of benzene rings is 2. The maximum Gasteiger partial charge on any atom is 0.416 e. The Morgan fingerprint density at radius 3 is 2.37 bits per heavy atom. The molecule has 2 aromatic carbocycles. The van der Waals surface area contributed by atoms with Gasteiger partial charge in [-0.05, 0) is 24.7 Å².